The number of carbonyl (C=O) groups is 1. The Morgan fingerprint density at radius 2 is 2.00 bits per heavy atom. The predicted octanol–water partition coefficient (Wildman–Crippen LogP) is 1.18. The average Bonchev–Trinajstić information content (AvgIpc) is 2.90. The monoisotopic (exact) mass is 278 g/mol. The summed E-state index contributed by atoms with van der Waals surface area (Å²) >= 11 is 0. The highest BCUT2D eigenvalue weighted by Crippen LogP contribution is 2.38. The molecule has 2 fully saturated rings. The molecule has 6 heteroatoms. The fourth-order valence-electron chi connectivity index (χ4n) is 3.31. The summed E-state index contributed by atoms with van der Waals surface area (Å²) in [5.74, 6) is -0.904. The lowest BCUT2D eigenvalue weighted by Gasteiger charge is -2.34. The Kier molecular flexibility index (Phi) is 2.52. The van der Waals surface area contributed by atoms with Crippen LogP contribution in [-0.2, 0) is 9.53 Å². The zero-order chi connectivity index (χ0) is 13.9. The molecule has 0 spiro atoms. The van der Waals surface area contributed by atoms with Crippen LogP contribution in [0.4, 0.5) is 15.8 Å². The fourth-order valence-corrected chi connectivity index (χ4v) is 3.31. The molecular formula is C14H15FN2O3. The number of halogens is 1. The summed E-state index contributed by atoms with van der Waals surface area (Å²) in [5, 5.41) is 12.2. The molecule has 0 aliphatic carbocycles. The third-order valence-corrected chi connectivity index (χ3v) is 4.30. The Labute approximate surface area is 115 Å². The summed E-state index contributed by atoms with van der Waals surface area (Å²) in [4.78, 5) is 13.4. The van der Waals surface area contributed by atoms with E-state index in [1.54, 1.807) is 6.07 Å². The van der Waals surface area contributed by atoms with Crippen molar-refractivity contribution >= 4 is 17.3 Å². The Morgan fingerprint density at radius 3 is 2.70 bits per heavy atom. The van der Waals surface area contributed by atoms with Crippen LogP contribution in [-0.4, -0.2) is 36.3 Å². The molecule has 3 unspecified atom stereocenters. The van der Waals surface area contributed by atoms with E-state index >= 15 is 0 Å². The van der Waals surface area contributed by atoms with Gasteiger partial charge in [0.25, 0.3) is 5.91 Å². The number of rotatable bonds is 1. The SMILES string of the molecule is O=C1Nc2cc(N3CC4CCC(C3)O4)c(F)cc2C1O. The molecule has 0 aromatic heterocycles. The van der Waals surface area contributed by atoms with Crippen LogP contribution in [0.15, 0.2) is 12.1 Å². The van der Waals surface area contributed by atoms with Crippen LogP contribution in [0.2, 0.25) is 0 Å². The van der Waals surface area contributed by atoms with Crippen LogP contribution in [0.1, 0.15) is 24.5 Å². The second-order valence-electron chi connectivity index (χ2n) is 5.65. The van der Waals surface area contributed by atoms with Gasteiger partial charge < -0.3 is 20.1 Å². The predicted molar refractivity (Wildman–Crippen MR) is 70.1 cm³/mol. The van der Waals surface area contributed by atoms with Gasteiger partial charge in [-0.25, -0.2) is 4.39 Å². The van der Waals surface area contributed by atoms with E-state index in [4.69, 9.17) is 4.74 Å². The van der Waals surface area contributed by atoms with E-state index in [0.29, 0.717) is 30.0 Å². The third kappa shape index (κ3) is 1.72. The average molecular weight is 278 g/mol. The van der Waals surface area contributed by atoms with Crippen LogP contribution in [0.25, 0.3) is 0 Å². The number of carbonyl (C=O) groups excluding carboxylic acids is 1. The summed E-state index contributed by atoms with van der Waals surface area (Å²) in [5.41, 5.74) is 1.28. The van der Waals surface area contributed by atoms with E-state index in [2.05, 4.69) is 5.32 Å². The van der Waals surface area contributed by atoms with Crippen LogP contribution in [0.5, 0.6) is 0 Å². The molecule has 3 atom stereocenters. The molecule has 2 saturated heterocycles. The van der Waals surface area contributed by atoms with Crippen molar-refractivity contribution < 1.29 is 19.0 Å². The second kappa shape index (κ2) is 4.17. The van der Waals surface area contributed by atoms with E-state index in [-0.39, 0.29) is 12.2 Å². The lowest BCUT2D eigenvalue weighted by Crippen LogP contribution is -2.43. The summed E-state index contributed by atoms with van der Waals surface area (Å²) < 4.78 is 20.0. The first-order valence-corrected chi connectivity index (χ1v) is 6.84. The first-order valence-electron chi connectivity index (χ1n) is 6.84. The third-order valence-electron chi connectivity index (χ3n) is 4.30. The molecule has 106 valence electrons. The number of morpholine rings is 1. The zero-order valence-electron chi connectivity index (χ0n) is 10.8. The van der Waals surface area contributed by atoms with Gasteiger partial charge in [0.2, 0.25) is 0 Å². The number of amides is 1. The summed E-state index contributed by atoms with van der Waals surface area (Å²) in [6.45, 7) is 1.34. The van der Waals surface area contributed by atoms with Gasteiger partial charge in [-0.1, -0.05) is 0 Å². The molecule has 2 bridgehead atoms. The summed E-state index contributed by atoms with van der Waals surface area (Å²) in [7, 11) is 0. The normalized spacial score (nSPS) is 31.4. The standard InChI is InChI=1S/C14H15FN2O3/c15-10-3-9-11(16-14(19)13(9)18)4-12(10)17-5-7-1-2-8(6-17)20-7/h3-4,7-8,13,18H,1-2,5-6H2,(H,16,19). The second-order valence-corrected chi connectivity index (χ2v) is 5.65. The largest absolute Gasteiger partial charge is 0.378 e. The molecule has 5 nitrogen and oxygen atoms in total. The lowest BCUT2D eigenvalue weighted by atomic mass is 10.1. The molecule has 0 radical (unpaired) electrons. The number of nitrogens with zero attached hydrogens (tertiary/aromatic N) is 1. The summed E-state index contributed by atoms with van der Waals surface area (Å²) in [6, 6.07) is 2.87. The van der Waals surface area contributed by atoms with Gasteiger partial charge in [0.1, 0.15) is 5.82 Å². The van der Waals surface area contributed by atoms with E-state index < -0.39 is 17.8 Å². The van der Waals surface area contributed by atoms with Gasteiger partial charge >= 0.3 is 0 Å². The Bertz CT molecular complexity index is 580. The van der Waals surface area contributed by atoms with Gasteiger partial charge in [-0.15, -0.1) is 0 Å². The lowest BCUT2D eigenvalue weighted by molar-refractivity contribution is -0.123. The van der Waals surface area contributed by atoms with Crippen molar-refractivity contribution in [1.82, 2.24) is 0 Å². The minimum atomic E-state index is -1.27. The smallest absolute Gasteiger partial charge is 0.257 e. The van der Waals surface area contributed by atoms with Gasteiger partial charge in [0, 0.05) is 24.3 Å². The van der Waals surface area contributed by atoms with Crippen molar-refractivity contribution in [1.29, 1.82) is 0 Å². The van der Waals surface area contributed by atoms with Gasteiger partial charge in [0.15, 0.2) is 6.10 Å². The van der Waals surface area contributed by atoms with Crippen LogP contribution < -0.4 is 10.2 Å². The van der Waals surface area contributed by atoms with Crippen molar-refractivity contribution in [2.75, 3.05) is 23.3 Å². The molecule has 3 aliphatic rings. The van der Waals surface area contributed by atoms with Gasteiger partial charge in [-0.3, -0.25) is 4.79 Å². The van der Waals surface area contributed by atoms with Gasteiger partial charge in [0.05, 0.1) is 17.9 Å². The Balaban J connectivity index is 1.70. The van der Waals surface area contributed by atoms with E-state index in [9.17, 15) is 14.3 Å². The number of fused-ring (bicyclic) bond motifs is 3. The minimum absolute atomic E-state index is 0.168. The fraction of sp³-hybridized carbons (Fsp3) is 0.500. The maximum absolute atomic E-state index is 14.3. The highest BCUT2D eigenvalue weighted by Gasteiger charge is 2.36. The highest BCUT2D eigenvalue weighted by atomic mass is 19.1. The van der Waals surface area contributed by atoms with E-state index in [1.807, 2.05) is 4.90 Å². The molecule has 3 heterocycles. The molecule has 1 amide bonds. The number of ether oxygens (including phenoxy) is 1. The van der Waals surface area contributed by atoms with Crippen molar-refractivity contribution in [2.45, 2.75) is 31.2 Å². The van der Waals surface area contributed by atoms with Crippen molar-refractivity contribution in [3.05, 3.63) is 23.5 Å². The maximum atomic E-state index is 14.3. The first-order chi connectivity index (χ1) is 9.61. The van der Waals surface area contributed by atoms with Gasteiger partial charge in [-0.2, -0.15) is 0 Å². The van der Waals surface area contributed by atoms with Crippen LogP contribution in [0, 0.1) is 5.82 Å². The molecule has 0 saturated carbocycles. The van der Waals surface area contributed by atoms with E-state index in [0.717, 1.165) is 12.8 Å². The number of hydrogen-bond donors (Lipinski definition) is 2. The number of hydrogen-bond acceptors (Lipinski definition) is 4. The first kappa shape index (κ1) is 12.1. The number of anilines is 2. The quantitative estimate of drug-likeness (QED) is 0.810. The number of aliphatic hydroxyl groups excluding tert-OH is 1. The highest BCUT2D eigenvalue weighted by molar-refractivity contribution is 6.02. The number of benzene rings is 1. The van der Waals surface area contributed by atoms with Crippen molar-refractivity contribution in [3.63, 3.8) is 0 Å². The molecule has 2 N–H and O–H groups in total. The molecule has 3 aliphatic heterocycles. The maximum Gasteiger partial charge on any atom is 0.257 e. The topological polar surface area (TPSA) is 61.8 Å². The Morgan fingerprint density at radius 1 is 1.30 bits per heavy atom. The van der Waals surface area contributed by atoms with Gasteiger partial charge in [-0.05, 0) is 25.0 Å². The zero-order valence-corrected chi connectivity index (χ0v) is 10.8. The van der Waals surface area contributed by atoms with E-state index in [1.165, 1.54) is 6.07 Å². The number of nitrogens with one attached hydrogen (secondary N) is 1. The Hall–Kier alpha value is -1.66. The molecule has 20 heavy (non-hydrogen) atoms. The van der Waals surface area contributed by atoms with Crippen molar-refractivity contribution in [2.24, 2.45) is 0 Å². The molecule has 1 aromatic rings. The molecular weight excluding hydrogens is 263 g/mol. The van der Waals surface area contributed by atoms with Crippen LogP contribution in [0.3, 0.4) is 0 Å². The minimum Gasteiger partial charge on any atom is -0.378 e. The molecule has 1 aromatic carbocycles. The molecule has 4 rings (SSSR count). The summed E-state index contributed by atoms with van der Waals surface area (Å²) in [6.07, 6.45) is 1.10. The van der Waals surface area contributed by atoms with Crippen LogP contribution >= 0.6 is 0 Å². The van der Waals surface area contributed by atoms with Crippen molar-refractivity contribution in [3.8, 4) is 0 Å². The number of aliphatic hydroxyl groups is 1.